The Morgan fingerprint density at radius 3 is 3.00 bits per heavy atom. The van der Waals surface area contributed by atoms with Crippen LogP contribution in [0.4, 0.5) is 11.6 Å². The first-order chi connectivity index (χ1) is 9.12. The average Bonchev–Trinajstić information content (AvgIpc) is 3.01. The number of nitrogens with one attached hydrogen (secondary N) is 2. The zero-order valence-electron chi connectivity index (χ0n) is 9.69. The minimum absolute atomic E-state index is 0.0363. The van der Waals surface area contributed by atoms with E-state index in [-0.39, 0.29) is 16.7 Å². The van der Waals surface area contributed by atoms with Gasteiger partial charge in [-0.25, -0.2) is 4.98 Å². The van der Waals surface area contributed by atoms with Crippen molar-refractivity contribution in [3.8, 4) is 0 Å². The molecule has 3 rings (SSSR count). The first-order valence-corrected chi connectivity index (χ1v) is 7.54. The minimum Gasteiger partial charge on any atom is -0.371 e. The van der Waals surface area contributed by atoms with E-state index in [2.05, 4.69) is 24.7 Å². The van der Waals surface area contributed by atoms with Crippen molar-refractivity contribution in [3.63, 3.8) is 0 Å². The minimum atomic E-state index is -3.81. The molecule has 3 aromatic heterocycles. The largest absolute Gasteiger partial charge is 0.371 e. The zero-order valence-corrected chi connectivity index (χ0v) is 11.3. The topological polar surface area (TPSA) is 102 Å². The Kier molecular flexibility index (Phi) is 2.68. The van der Waals surface area contributed by atoms with Gasteiger partial charge in [-0.15, -0.1) is 11.3 Å². The summed E-state index contributed by atoms with van der Waals surface area (Å²) in [7, 11) is -2.19. The van der Waals surface area contributed by atoms with Crippen LogP contribution in [0.1, 0.15) is 0 Å². The third-order valence-electron chi connectivity index (χ3n) is 2.39. The first-order valence-electron chi connectivity index (χ1n) is 5.18. The van der Waals surface area contributed by atoms with Crippen LogP contribution in [0.15, 0.2) is 33.5 Å². The molecule has 19 heavy (non-hydrogen) atoms. The molecule has 0 atom stereocenters. The van der Waals surface area contributed by atoms with E-state index >= 15 is 0 Å². The molecule has 0 radical (unpaired) electrons. The molecule has 3 heterocycles. The highest BCUT2D eigenvalue weighted by Gasteiger charge is 2.26. The van der Waals surface area contributed by atoms with Gasteiger partial charge in [-0.05, 0) is 0 Å². The Labute approximate surface area is 112 Å². The van der Waals surface area contributed by atoms with E-state index in [1.165, 1.54) is 28.1 Å². The predicted octanol–water partition coefficient (Wildman–Crippen LogP) is 1.23. The van der Waals surface area contributed by atoms with Crippen LogP contribution in [0.3, 0.4) is 0 Å². The van der Waals surface area contributed by atoms with Crippen LogP contribution in [0.5, 0.6) is 0 Å². The van der Waals surface area contributed by atoms with Crippen molar-refractivity contribution in [2.24, 2.45) is 0 Å². The highest BCUT2D eigenvalue weighted by molar-refractivity contribution is 7.92. The molecule has 0 aliphatic heterocycles. The molecule has 0 unspecified atom stereocenters. The molecule has 3 aromatic rings. The van der Waals surface area contributed by atoms with Crippen molar-refractivity contribution in [1.82, 2.24) is 14.5 Å². The second-order valence-electron chi connectivity index (χ2n) is 3.56. The smallest absolute Gasteiger partial charge is 0.283 e. The van der Waals surface area contributed by atoms with Gasteiger partial charge in [-0.2, -0.15) is 8.42 Å². The van der Waals surface area contributed by atoms with Gasteiger partial charge in [0.1, 0.15) is 6.26 Å². The van der Waals surface area contributed by atoms with E-state index in [0.29, 0.717) is 4.96 Å². The van der Waals surface area contributed by atoms with Gasteiger partial charge in [-0.3, -0.25) is 9.12 Å². The maximum Gasteiger partial charge on any atom is 0.283 e. The maximum absolute atomic E-state index is 12.4. The van der Waals surface area contributed by atoms with Crippen molar-refractivity contribution in [2.75, 3.05) is 17.1 Å². The quantitative estimate of drug-likeness (QED) is 0.751. The third-order valence-corrected chi connectivity index (χ3v) is 4.52. The molecule has 0 spiro atoms. The fraction of sp³-hybridized carbons (Fsp3) is 0.111. The van der Waals surface area contributed by atoms with Crippen LogP contribution in [-0.4, -0.2) is 30.0 Å². The summed E-state index contributed by atoms with van der Waals surface area (Å²) in [6.45, 7) is 0. The summed E-state index contributed by atoms with van der Waals surface area (Å²) in [5, 5.41) is 8.09. The van der Waals surface area contributed by atoms with Crippen molar-refractivity contribution >= 4 is 38.0 Å². The number of rotatable bonds is 4. The van der Waals surface area contributed by atoms with Crippen LogP contribution in [0, 0.1) is 0 Å². The van der Waals surface area contributed by atoms with Crippen molar-refractivity contribution < 1.29 is 12.9 Å². The summed E-state index contributed by atoms with van der Waals surface area (Å²) in [5.74, 6) is 0.398. The number of nitrogens with zero attached hydrogens (tertiary/aromatic N) is 3. The van der Waals surface area contributed by atoms with E-state index in [4.69, 9.17) is 0 Å². The van der Waals surface area contributed by atoms with E-state index in [0.717, 1.165) is 0 Å². The molecule has 0 saturated heterocycles. The molecule has 0 aliphatic rings. The van der Waals surface area contributed by atoms with Gasteiger partial charge in [0.2, 0.25) is 5.03 Å². The number of hydrogen-bond acceptors (Lipinski definition) is 7. The molecular weight excluding hydrogens is 290 g/mol. The lowest BCUT2D eigenvalue weighted by molar-refractivity contribution is 0.423. The Balaban J connectivity index is 2.14. The molecule has 10 heteroatoms. The first kappa shape index (κ1) is 12.0. The summed E-state index contributed by atoms with van der Waals surface area (Å²) in [4.78, 5) is 4.78. The number of sulfonamides is 1. The average molecular weight is 299 g/mol. The molecule has 2 N–H and O–H groups in total. The van der Waals surface area contributed by atoms with E-state index < -0.39 is 10.0 Å². The molecule has 0 saturated carbocycles. The lowest BCUT2D eigenvalue weighted by Gasteiger charge is -2.05. The number of imidazole rings is 1. The Hall–Kier alpha value is -2.07. The zero-order chi connectivity index (χ0) is 13.5. The number of fused-ring (bicyclic) bond motifs is 1. The van der Waals surface area contributed by atoms with Crippen LogP contribution in [0.2, 0.25) is 0 Å². The summed E-state index contributed by atoms with van der Waals surface area (Å²) in [5.41, 5.74) is 0. The van der Waals surface area contributed by atoms with Crippen LogP contribution >= 0.6 is 11.3 Å². The number of hydrogen-bond donors (Lipinski definition) is 2. The van der Waals surface area contributed by atoms with Gasteiger partial charge in [0.25, 0.3) is 10.0 Å². The van der Waals surface area contributed by atoms with Crippen molar-refractivity contribution in [2.45, 2.75) is 5.03 Å². The SMILES string of the molecule is CNc1nc2sccn2c1S(=O)(=O)Nc1ccon1. The van der Waals surface area contributed by atoms with Gasteiger partial charge < -0.3 is 9.84 Å². The Bertz CT molecular complexity index is 802. The van der Waals surface area contributed by atoms with Gasteiger partial charge in [-0.1, -0.05) is 5.16 Å². The standard InChI is InChI=1S/C9H9N5O3S2/c1-10-7-8(14-3-5-18-9(14)11-7)19(15,16)13-6-2-4-17-12-6/h2-5,10H,1H3,(H,12,13). The maximum atomic E-state index is 12.4. The molecule has 0 amide bonds. The highest BCUT2D eigenvalue weighted by atomic mass is 32.2. The van der Waals surface area contributed by atoms with E-state index in [9.17, 15) is 8.42 Å². The second-order valence-corrected chi connectivity index (χ2v) is 6.03. The molecule has 0 fully saturated rings. The number of aromatic nitrogens is 3. The fourth-order valence-electron chi connectivity index (χ4n) is 1.64. The Morgan fingerprint density at radius 2 is 2.32 bits per heavy atom. The van der Waals surface area contributed by atoms with Gasteiger partial charge in [0.15, 0.2) is 16.6 Å². The lowest BCUT2D eigenvalue weighted by atomic mass is 10.7. The molecule has 0 aromatic carbocycles. The summed E-state index contributed by atoms with van der Waals surface area (Å²) >= 11 is 1.35. The second kappa shape index (κ2) is 4.24. The molecular formula is C9H9N5O3S2. The van der Waals surface area contributed by atoms with Crippen molar-refractivity contribution in [3.05, 3.63) is 23.9 Å². The molecule has 100 valence electrons. The normalized spacial score (nSPS) is 11.8. The third kappa shape index (κ3) is 1.94. The lowest BCUT2D eigenvalue weighted by Crippen LogP contribution is -2.16. The summed E-state index contributed by atoms with van der Waals surface area (Å²) < 4.78 is 33.1. The van der Waals surface area contributed by atoms with E-state index in [1.807, 2.05) is 0 Å². The van der Waals surface area contributed by atoms with Crippen LogP contribution in [-0.2, 0) is 10.0 Å². The van der Waals surface area contributed by atoms with Crippen LogP contribution < -0.4 is 10.0 Å². The molecule has 0 bridgehead atoms. The Morgan fingerprint density at radius 1 is 1.47 bits per heavy atom. The van der Waals surface area contributed by atoms with Gasteiger partial charge >= 0.3 is 0 Å². The molecule has 8 nitrogen and oxygen atoms in total. The summed E-state index contributed by atoms with van der Waals surface area (Å²) in [6.07, 6.45) is 2.93. The van der Waals surface area contributed by atoms with E-state index in [1.54, 1.807) is 18.6 Å². The predicted molar refractivity (Wildman–Crippen MR) is 69.9 cm³/mol. The fourth-order valence-corrected chi connectivity index (χ4v) is 3.69. The van der Waals surface area contributed by atoms with Gasteiger partial charge in [0.05, 0.1) is 0 Å². The van der Waals surface area contributed by atoms with Crippen LogP contribution in [0.25, 0.3) is 4.96 Å². The summed E-state index contributed by atoms with van der Waals surface area (Å²) in [6, 6.07) is 1.42. The monoisotopic (exact) mass is 299 g/mol. The number of anilines is 2. The van der Waals surface area contributed by atoms with Crippen molar-refractivity contribution in [1.29, 1.82) is 0 Å². The highest BCUT2D eigenvalue weighted by Crippen LogP contribution is 2.26. The molecule has 0 aliphatic carbocycles. The number of thiazole rings is 1. The van der Waals surface area contributed by atoms with Gasteiger partial charge in [0, 0.05) is 24.7 Å².